The van der Waals surface area contributed by atoms with Crippen molar-refractivity contribution < 1.29 is 9.53 Å². The molecule has 1 saturated heterocycles. The van der Waals surface area contributed by atoms with Gasteiger partial charge < -0.3 is 10.1 Å². The summed E-state index contributed by atoms with van der Waals surface area (Å²) in [6.45, 7) is 1.18. The van der Waals surface area contributed by atoms with E-state index in [4.69, 9.17) is 4.74 Å². The van der Waals surface area contributed by atoms with Crippen molar-refractivity contribution in [3.8, 4) is 5.69 Å². The molecule has 0 spiro atoms. The van der Waals surface area contributed by atoms with E-state index in [0.717, 1.165) is 5.69 Å². The first-order chi connectivity index (χ1) is 8.83. The highest BCUT2D eigenvalue weighted by Gasteiger charge is 2.20. The SMILES string of the molecule is O=C(NC1COC1)c1ccc(-n2cnnn2)cc1. The van der Waals surface area contributed by atoms with E-state index >= 15 is 0 Å². The molecule has 2 heterocycles. The first-order valence-electron chi connectivity index (χ1n) is 5.55. The van der Waals surface area contributed by atoms with Crippen LogP contribution in [-0.2, 0) is 4.74 Å². The smallest absolute Gasteiger partial charge is 0.251 e. The Hall–Kier alpha value is -2.28. The Morgan fingerprint density at radius 1 is 1.33 bits per heavy atom. The molecule has 2 aromatic rings. The van der Waals surface area contributed by atoms with Crippen molar-refractivity contribution in [3.63, 3.8) is 0 Å². The number of nitrogens with one attached hydrogen (secondary N) is 1. The van der Waals surface area contributed by atoms with Gasteiger partial charge in [0.05, 0.1) is 24.9 Å². The summed E-state index contributed by atoms with van der Waals surface area (Å²) in [4.78, 5) is 11.8. The highest BCUT2D eigenvalue weighted by atomic mass is 16.5. The molecule has 3 rings (SSSR count). The van der Waals surface area contributed by atoms with Crippen LogP contribution >= 0.6 is 0 Å². The van der Waals surface area contributed by atoms with Crippen LogP contribution in [0.1, 0.15) is 10.4 Å². The van der Waals surface area contributed by atoms with Crippen molar-refractivity contribution in [2.75, 3.05) is 13.2 Å². The molecule has 0 unspecified atom stereocenters. The van der Waals surface area contributed by atoms with Crippen molar-refractivity contribution in [2.45, 2.75) is 6.04 Å². The summed E-state index contributed by atoms with van der Waals surface area (Å²) in [5, 5.41) is 13.8. The highest BCUT2D eigenvalue weighted by Crippen LogP contribution is 2.09. The Labute approximate surface area is 103 Å². The number of rotatable bonds is 3. The molecule has 1 fully saturated rings. The lowest BCUT2D eigenvalue weighted by Crippen LogP contribution is -2.48. The number of nitrogens with zero attached hydrogens (tertiary/aromatic N) is 4. The average molecular weight is 245 g/mol. The monoisotopic (exact) mass is 245 g/mol. The van der Waals surface area contributed by atoms with Crippen molar-refractivity contribution in [1.82, 2.24) is 25.5 Å². The Morgan fingerprint density at radius 3 is 2.67 bits per heavy atom. The molecule has 92 valence electrons. The van der Waals surface area contributed by atoms with E-state index in [1.807, 2.05) is 0 Å². The predicted octanol–water partition coefficient (Wildman–Crippen LogP) is -0.209. The number of carbonyl (C=O) groups is 1. The van der Waals surface area contributed by atoms with Gasteiger partial charge in [0.2, 0.25) is 0 Å². The summed E-state index contributed by atoms with van der Waals surface area (Å²) in [7, 11) is 0. The van der Waals surface area contributed by atoms with E-state index in [-0.39, 0.29) is 11.9 Å². The second-order valence-corrected chi connectivity index (χ2v) is 4.01. The molecule has 0 aliphatic carbocycles. The fourth-order valence-corrected chi connectivity index (χ4v) is 1.63. The zero-order valence-corrected chi connectivity index (χ0v) is 9.48. The number of ether oxygens (including phenoxy) is 1. The Balaban J connectivity index is 1.72. The second kappa shape index (κ2) is 4.53. The van der Waals surface area contributed by atoms with Gasteiger partial charge in [-0.3, -0.25) is 4.79 Å². The predicted molar refractivity (Wildman–Crippen MR) is 61.2 cm³/mol. The molecule has 7 nitrogen and oxygen atoms in total. The Bertz CT molecular complexity index is 533. The third kappa shape index (κ3) is 2.07. The van der Waals surface area contributed by atoms with Crippen LogP contribution < -0.4 is 5.32 Å². The maximum absolute atomic E-state index is 11.8. The van der Waals surface area contributed by atoms with Crippen LogP contribution in [0.15, 0.2) is 30.6 Å². The molecule has 0 saturated carbocycles. The minimum absolute atomic E-state index is 0.0911. The van der Waals surface area contributed by atoms with Crippen LogP contribution in [0.5, 0.6) is 0 Å². The maximum atomic E-state index is 11.8. The molecule has 1 aliphatic heterocycles. The molecule has 0 radical (unpaired) electrons. The van der Waals surface area contributed by atoms with Gasteiger partial charge in [-0.1, -0.05) is 0 Å². The third-order valence-electron chi connectivity index (χ3n) is 2.72. The normalized spacial score (nSPS) is 15.1. The van der Waals surface area contributed by atoms with Gasteiger partial charge in [0, 0.05) is 5.56 Å². The molecule has 1 N–H and O–H groups in total. The molecule has 1 aromatic carbocycles. The van der Waals surface area contributed by atoms with Gasteiger partial charge in [0.25, 0.3) is 5.91 Å². The fraction of sp³-hybridized carbons (Fsp3) is 0.273. The maximum Gasteiger partial charge on any atom is 0.251 e. The van der Waals surface area contributed by atoms with Gasteiger partial charge in [-0.15, -0.1) is 5.10 Å². The van der Waals surface area contributed by atoms with Crippen molar-refractivity contribution in [2.24, 2.45) is 0 Å². The summed E-state index contributed by atoms with van der Waals surface area (Å²) in [6, 6.07) is 7.21. The van der Waals surface area contributed by atoms with E-state index < -0.39 is 0 Å². The minimum atomic E-state index is -0.0911. The van der Waals surface area contributed by atoms with E-state index in [2.05, 4.69) is 20.8 Å². The summed E-state index contributed by atoms with van der Waals surface area (Å²) in [6.07, 6.45) is 1.50. The first kappa shape index (κ1) is 10.8. The molecular weight excluding hydrogens is 234 g/mol. The molecule has 18 heavy (non-hydrogen) atoms. The van der Waals surface area contributed by atoms with Gasteiger partial charge in [-0.2, -0.15) is 0 Å². The quantitative estimate of drug-likeness (QED) is 0.809. The highest BCUT2D eigenvalue weighted by molar-refractivity contribution is 5.94. The zero-order valence-electron chi connectivity index (χ0n) is 9.48. The largest absolute Gasteiger partial charge is 0.377 e. The molecule has 1 aliphatic rings. The van der Waals surface area contributed by atoms with Crippen LogP contribution in [0.25, 0.3) is 5.69 Å². The fourth-order valence-electron chi connectivity index (χ4n) is 1.63. The first-order valence-corrected chi connectivity index (χ1v) is 5.55. The Kier molecular flexibility index (Phi) is 2.73. The zero-order chi connectivity index (χ0) is 12.4. The van der Waals surface area contributed by atoms with Crippen molar-refractivity contribution in [3.05, 3.63) is 36.2 Å². The summed E-state index contributed by atoms with van der Waals surface area (Å²) in [5.41, 5.74) is 1.42. The van der Waals surface area contributed by atoms with Crippen LogP contribution in [0, 0.1) is 0 Å². The van der Waals surface area contributed by atoms with Crippen LogP contribution in [-0.4, -0.2) is 45.4 Å². The summed E-state index contributed by atoms with van der Waals surface area (Å²) >= 11 is 0. The van der Waals surface area contributed by atoms with Crippen LogP contribution in [0.4, 0.5) is 0 Å². The van der Waals surface area contributed by atoms with E-state index in [9.17, 15) is 4.79 Å². The van der Waals surface area contributed by atoms with Crippen LogP contribution in [0.3, 0.4) is 0 Å². The van der Waals surface area contributed by atoms with Crippen molar-refractivity contribution in [1.29, 1.82) is 0 Å². The summed E-state index contributed by atoms with van der Waals surface area (Å²) in [5.74, 6) is -0.0911. The van der Waals surface area contributed by atoms with Gasteiger partial charge in [0.15, 0.2) is 0 Å². The number of carbonyl (C=O) groups excluding carboxylic acids is 1. The number of amides is 1. The standard InChI is InChI=1S/C11H11N5O2/c17-11(13-9-5-18-6-9)8-1-3-10(4-2-8)16-7-12-14-15-16/h1-4,7,9H,5-6H2,(H,13,17). The van der Waals surface area contributed by atoms with E-state index in [1.54, 1.807) is 24.3 Å². The number of hydrogen-bond donors (Lipinski definition) is 1. The number of hydrogen-bond acceptors (Lipinski definition) is 5. The lowest BCUT2D eigenvalue weighted by atomic mass is 10.1. The average Bonchev–Trinajstić information content (AvgIpc) is 2.87. The van der Waals surface area contributed by atoms with E-state index in [0.29, 0.717) is 18.8 Å². The molecular formula is C11H11N5O2. The van der Waals surface area contributed by atoms with E-state index in [1.165, 1.54) is 11.0 Å². The van der Waals surface area contributed by atoms with Gasteiger partial charge in [-0.25, -0.2) is 4.68 Å². The van der Waals surface area contributed by atoms with Gasteiger partial charge >= 0.3 is 0 Å². The Morgan fingerprint density at radius 2 is 2.11 bits per heavy atom. The lowest BCUT2D eigenvalue weighted by molar-refractivity contribution is -0.00346. The molecule has 7 heteroatoms. The van der Waals surface area contributed by atoms with Crippen molar-refractivity contribution >= 4 is 5.91 Å². The molecule has 1 amide bonds. The summed E-state index contributed by atoms with van der Waals surface area (Å²) < 4.78 is 6.53. The molecule has 1 aromatic heterocycles. The topological polar surface area (TPSA) is 81.9 Å². The molecule has 0 atom stereocenters. The van der Waals surface area contributed by atoms with Gasteiger partial charge in [-0.05, 0) is 34.7 Å². The lowest BCUT2D eigenvalue weighted by Gasteiger charge is -2.26. The number of benzene rings is 1. The van der Waals surface area contributed by atoms with Gasteiger partial charge in [0.1, 0.15) is 6.33 Å². The van der Waals surface area contributed by atoms with Crippen LogP contribution in [0.2, 0.25) is 0 Å². The molecule has 0 bridgehead atoms. The third-order valence-corrected chi connectivity index (χ3v) is 2.72. The second-order valence-electron chi connectivity index (χ2n) is 4.01. The number of tetrazole rings is 1. The number of aromatic nitrogens is 4. The minimum Gasteiger partial charge on any atom is -0.377 e.